The summed E-state index contributed by atoms with van der Waals surface area (Å²) in [6.45, 7) is -0.519. The van der Waals surface area contributed by atoms with Gasteiger partial charge in [0.25, 0.3) is 11.6 Å². The summed E-state index contributed by atoms with van der Waals surface area (Å²) in [6.07, 6.45) is 0.635. The van der Waals surface area contributed by atoms with Gasteiger partial charge in [0.2, 0.25) is 0 Å². The Morgan fingerprint density at radius 2 is 1.70 bits per heavy atom. The summed E-state index contributed by atoms with van der Waals surface area (Å²) in [6, 6.07) is 20.6. The summed E-state index contributed by atoms with van der Waals surface area (Å²) in [5, 5.41) is 13.5. The molecule has 0 atom stereocenters. The maximum Gasteiger partial charge on any atom is 0.340 e. The lowest BCUT2D eigenvalue weighted by Gasteiger charge is -2.12. The molecule has 8 heteroatoms. The average molecular weight is 405 g/mol. The second kappa shape index (κ2) is 9.33. The summed E-state index contributed by atoms with van der Waals surface area (Å²) in [5.74, 6) is -1.35. The van der Waals surface area contributed by atoms with E-state index in [9.17, 15) is 19.7 Å². The number of nitrogens with zero attached hydrogens (tertiary/aromatic N) is 1. The maximum absolute atomic E-state index is 12.3. The third-order valence-corrected chi connectivity index (χ3v) is 4.33. The van der Waals surface area contributed by atoms with Crippen molar-refractivity contribution in [3.05, 3.63) is 99.6 Å². The number of carbonyl (C=O) groups is 2. The maximum atomic E-state index is 12.3. The normalized spacial score (nSPS) is 10.3. The molecule has 0 unspecified atom stereocenters. The summed E-state index contributed by atoms with van der Waals surface area (Å²) in [7, 11) is 0. The van der Waals surface area contributed by atoms with Crippen molar-refractivity contribution in [3.63, 3.8) is 0 Å². The lowest BCUT2D eigenvalue weighted by Crippen LogP contribution is -2.22. The van der Waals surface area contributed by atoms with Crippen molar-refractivity contribution < 1.29 is 19.2 Å². The fourth-order valence-corrected chi connectivity index (χ4v) is 2.86. The minimum absolute atomic E-state index is 0.0436. The predicted molar refractivity (Wildman–Crippen MR) is 112 cm³/mol. The van der Waals surface area contributed by atoms with Gasteiger partial charge >= 0.3 is 5.97 Å². The third kappa shape index (κ3) is 5.20. The predicted octanol–water partition coefficient (Wildman–Crippen LogP) is 3.56. The number of anilines is 2. The van der Waals surface area contributed by atoms with Gasteiger partial charge in [-0.15, -0.1) is 0 Å². The molecule has 0 saturated heterocycles. The number of nitro groups is 1. The molecule has 0 radical (unpaired) electrons. The number of ether oxygens (including phenoxy) is 1. The van der Waals surface area contributed by atoms with Crippen LogP contribution in [0, 0.1) is 10.1 Å². The van der Waals surface area contributed by atoms with Gasteiger partial charge in [-0.25, -0.2) is 4.79 Å². The number of nitrogens with two attached hydrogens (primary N) is 1. The summed E-state index contributed by atoms with van der Waals surface area (Å²) in [4.78, 5) is 34.6. The molecule has 0 saturated carbocycles. The van der Waals surface area contributed by atoms with Gasteiger partial charge in [-0.2, -0.15) is 0 Å². The minimum Gasteiger partial charge on any atom is -0.452 e. The summed E-state index contributed by atoms with van der Waals surface area (Å²) in [5.41, 5.74) is 7.94. The van der Waals surface area contributed by atoms with Gasteiger partial charge in [0.1, 0.15) is 0 Å². The molecule has 3 rings (SSSR count). The van der Waals surface area contributed by atoms with Gasteiger partial charge in [0.05, 0.1) is 16.2 Å². The van der Waals surface area contributed by atoms with Crippen LogP contribution in [0.5, 0.6) is 0 Å². The van der Waals surface area contributed by atoms with Crippen LogP contribution >= 0.6 is 0 Å². The smallest absolute Gasteiger partial charge is 0.340 e. The number of benzene rings is 3. The highest BCUT2D eigenvalue weighted by molar-refractivity contribution is 5.98. The molecular formula is C22H19N3O5. The number of nitrogen functional groups attached to an aromatic ring is 1. The highest BCUT2D eigenvalue weighted by Gasteiger charge is 2.17. The van der Waals surface area contributed by atoms with Gasteiger partial charge < -0.3 is 15.8 Å². The number of hydrogen-bond acceptors (Lipinski definition) is 6. The van der Waals surface area contributed by atoms with E-state index in [2.05, 4.69) is 5.32 Å². The molecule has 0 aliphatic carbocycles. The Morgan fingerprint density at radius 1 is 1.00 bits per heavy atom. The monoisotopic (exact) mass is 405 g/mol. The van der Waals surface area contributed by atoms with Crippen LogP contribution in [-0.4, -0.2) is 23.4 Å². The first kappa shape index (κ1) is 20.5. The number of hydrogen-bond donors (Lipinski definition) is 2. The quantitative estimate of drug-likeness (QED) is 0.268. The fraction of sp³-hybridized carbons (Fsp3) is 0.0909. The van der Waals surface area contributed by atoms with Crippen LogP contribution < -0.4 is 11.1 Å². The van der Waals surface area contributed by atoms with Crippen LogP contribution in [0.15, 0.2) is 72.8 Å². The Morgan fingerprint density at radius 3 is 2.40 bits per heavy atom. The standard InChI is InChI=1S/C22H19N3O5/c23-19-13-17(25(28)29)10-11-18(19)22(27)30-14-21(26)24-20-9-5-4-8-16(20)12-15-6-2-1-3-7-15/h1-11,13H,12,14,23H2,(H,24,26). The first-order chi connectivity index (χ1) is 14.4. The molecule has 0 aliphatic heterocycles. The highest BCUT2D eigenvalue weighted by atomic mass is 16.6. The molecule has 3 aromatic carbocycles. The second-order valence-corrected chi connectivity index (χ2v) is 6.47. The van der Waals surface area contributed by atoms with Gasteiger partial charge in [0, 0.05) is 17.8 Å². The number of nitro benzene ring substituents is 1. The van der Waals surface area contributed by atoms with Crippen molar-refractivity contribution >= 4 is 28.9 Å². The van der Waals surface area contributed by atoms with Crippen molar-refractivity contribution in [3.8, 4) is 0 Å². The van der Waals surface area contributed by atoms with Crippen LogP contribution in [0.4, 0.5) is 17.1 Å². The van der Waals surface area contributed by atoms with Crippen molar-refractivity contribution in [2.75, 3.05) is 17.7 Å². The minimum atomic E-state index is -0.838. The van der Waals surface area contributed by atoms with Gasteiger partial charge in [-0.3, -0.25) is 14.9 Å². The van der Waals surface area contributed by atoms with Gasteiger partial charge in [0.15, 0.2) is 6.61 Å². The van der Waals surface area contributed by atoms with E-state index in [1.165, 1.54) is 6.07 Å². The number of nitrogens with one attached hydrogen (secondary N) is 1. The average Bonchev–Trinajstić information content (AvgIpc) is 2.74. The highest BCUT2D eigenvalue weighted by Crippen LogP contribution is 2.21. The van der Waals surface area contributed by atoms with E-state index in [-0.39, 0.29) is 16.9 Å². The zero-order chi connectivity index (χ0) is 21.5. The lowest BCUT2D eigenvalue weighted by atomic mass is 10.0. The topological polar surface area (TPSA) is 125 Å². The van der Waals surface area contributed by atoms with Crippen LogP contribution in [0.25, 0.3) is 0 Å². The molecule has 3 N–H and O–H groups in total. The Kier molecular flexibility index (Phi) is 6.39. The summed E-state index contributed by atoms with van der Waals surface area (Å²) >= 11 is 0. The van der Waals surface area contributed by atoms with Crippen LogP contribution in [0.3, 0.4) is 0 Å². The third-order valence-electron chi connectivity index (χ3n) is 4.33. The molecule has 0 spiro atoms. The molecule has 0 bridgehead atoms. The van der Waals surface area contributed by atoms with E-state index >= 15 is 0 Å². The molecule has 3 aromatic rings. The van der Waals surface area contributed by atoms with E-state index < -0.39 is 23.4 Å². The van der Waals surface area contributed by atoms with Crippen molar-refractivity contribution in [1.82, 2.24) is 0 Å². The Hall–Kier alpha value is -4.20. The van der Waals surface area contributed by atoms with Crippen molar-refractivity contribution in [2.24, 2.45) is 0 Å². The molecule has 8 nitrogen and oxygen atoms in total. The Bertz CT molecular complexity index is 1080. The number of non-ortho nitro benzene ring substituents is 1. The fourth-order valence-electron chi connectivity index (χ4n) is 2.86. The number of carbonyl (C=O) groups excluding carboxylic acids is 2. The number of esters is 1. The zero-order valence-electron chi connectivity index (χ0n) is 15.9. The molecule has 0 aromatic heterocycles. The number of amides is 1. The number of para-hydroxylation sites is 1. The van der Waals surface area contributed by atoms with E-state index in [4.69, 9.17) is 10.5 Å². The van der Waals surface area contributed by atoms with E-state index in [1.54, 1.807) is 12.1 Å². The van der Waals surface area contributed by atoms with Crippen molar-refractivity contribution in [2.45, 2.75) is 6.42 Å². The van der Waals surface area contributed by atoms with Gasteiger partial charge in [-0.05, 0) is 29.7 Å². The molecule has 30 heavy (non-hydrogen) atoms. The van der Waals surface area contributed by atoms with E-state index in [0.29, 0.717) is 12.1 Å². The zero-order valence-corrected chi connectivity index (χ0v) is 15.9. The molecule has 1 amide bonds. The van der Waals surface area contributed by atoms with E-state index in [0.717, 1.165) is 23.3 Å². The molecular weight excluding hydrogens is 386 g/mol. The van der Waals surface area contributed by atoms with E-state index in [1.807, 2.05) is 42.5 Å². The molecule has 0 aliphatic rings. The Labute approximate surface area is 172 Å². The first-order valence-electron chi connectivity index (χ1n) is 9.07. The largest absolute Gasteiger partial charge is 0.452 e. The molecule has 0 heterocycles. The molecule has 0 fully saturated rings. The lowest BCUT2D eigenvalue weighted by molar-refractivity contribution is -0.384. The van der Waals surface area contributed by atoms with Crippen LogP contribution in [-0.2, 0) is 16.0 Å². The van der Waals surface area contributed by atoms with Crippen molar-refractivity contribution in [1.29, 1.82) is 0 Å². The van der Waals surface area contributed by atoms with Gasteiger partial charge in [-0.1, -0.05) is 48.5 Å². The number of rotatable bonds is 7. The van der Waals surface area contributed by atoms with Crippen LogP contribution in [0.2, 0.25) is 0 Å². The first-order valence-corrected chi connectivity index (χ1v) is 9.07. The Balaban J connectivity index is 1.61. The SMILES string of the molecule is Nc1cc([N+](=O)[O-])ccc1C(=O)OCC(=O)Nc1ccccc1Cc1ccccc1. The summed E-state index contributed by atoms with van der Waals surface area (Å²) < 4.78 is 5.00. The molecule has 152 valence electrons. The second-order valence-electron chi connectivity index (χ2n) is 6.47. The van der Waals surface area contributed by atoms with Crippen LogP contribution in [0.1, 0.15) is 21.5 Å².